The highest BCUT2D eigenvalue weighted by Gasteiger charge is 2.23. The predicted octanol–water partition coefficient (Wildman–Crippen LogP) is 2.62. The van der Waals surface area contributed by atoms with Crippen LogP contribution in [0.15, 0.2) is 0 Å². The van der Waals surface area contributed by atoms with Gasteiger partial charge in [0.2, 0.25) is 0 Å². The van der Waals surface area contributed by atoms with Crippen molar-refractivity contribution in [2.75, 3.05) is 6.61 Å². The molecule has 2 heteroatoms. The summed E-state index contributed by atoms with van der Waals surface area (Å²) in [5.41, 5.74) is 0.226. The molecule has 0 rings (SSSR count). The van der Waals surface area contributed by atoms with Crippen LogP contribution in [0.25, 0.3) is 0 Å². The molecule has 0 aromatic rings. The van der Waals surface area contributed by atoms with Gasteiger partial charge in [-0.1, -0.05) is 27.7 Å². The van der Waals surface area contributed by atoms with Crippen LogP contribution in [0.2, 0.25) is 0 Å². The van der Waals surface area contributed by atoms with E-state index >= 15 is 0 Å². The summed E-state index contributed by atoms with van der Waals surface area (Å²) < 4.78 is 4.98. The lowest BCUT2D eigenvalue weighted by Crippen LogP contribution is -2.25. The summed E-state index contributed by atoms with van der Waals surface area (Å²) in [6.07, 6.45) is 1.05. The molecule has 72 valence electrons. The Morgan fingerprint density at radius 3 is 2.17 bits per heavy atom. The Morgan fingerprint density at radius 1 is 1.42 bits per heavy atom. The Hall–Kier alpha value is -0.530. The summed E-state index contributed by atoms with van der Waals surface area (Å²) in [5, 5.41) is 0. The summed E-state index contributed by atoms with van der Waals surface area (Å²) in [5.74, 6) is 0.277. The fourth-order valence-corrected chi connectivity index (χ4v) is 1.20. The van der Waals surface area contributed by atoms with Crippen molar-refractivity contribution in [1.29, 1.82) is 0 Å². The molecule has 0 aliphatic heterocycles. The zero-order valence-electron chi connectivity index (χ0n) is 8.81. The van der Waals surface area contributed by atoms with Gasteiger partial charge in [0.15, 0.2) is 0 Å². The van der Waals surface area contributed by atoms with Gasteiger partial charge in [-0.2, -0.15) is 0 Å². The zero-order chi connectivity index (χ0) is 9.78. The lowest BCUT2D eigenvalue weighted by molar-refractivity contribution is -0.143. The van der Waals surface area contributed by atoms with Gasteiger partial charge < -0.3 is 4.74 Å². The van der Waals surface area contributed by atoms with Gasteiger partial charge in [-0.15, -0.1) is 0 Å². The Labute approximate surface area is 75.3 Å². The van der Waals surface area contributed by atoms with Crippen LogP contribution < -0.4 is 0 Å². The molecule has 0 aliphatic rings. The van der Waals surface area contributed by atoms with Gasteiger partial charge in [-0.05, 0) is 17.8 Å². The molecule has 0 aromatic carbocycles. The first-order valence-corrected chi connectivity index (χ1v) is 4.51. The maximum Gasteiger partial charge on any atom is 0.302 e. The topological polar surface area (TPSA) is 26.3 Å². The quantitative estimate of drug-likeness (QED) is 0.612. The van der Waals surface area contributed by atoms with Crippen LogP contribution in [0.4, 0.5) is 0 Å². The second kappa shape index (κ2) is 4.48. The summed E-state index contributed by atoms with van der Waals surface area (Å²) in [7, 11) is 0. The summed E-state index contributed by atoms with van der Waals surface area (Å²) in [6.45, 7) is 10.6. The van der Waals surface area contributed by atoms with Gasteiger partial charge in [-0.3, -0.25) is 4.79 Å². The minimum absolute atomic E-state index is 0.183. The highest BCUT2D eigenvalue weighted by Crippen LogP contribution is 2.28. The van der Waals surface area contributed by atoms with E-state index < -0.39 is 0 Å². The molecule has 0 N–H and O–H groups in total. The Morgan fingerprint density at radius 2 is 1.92 bits per heavy atom. The van der Waals surface area contributed by atoms with Crippen LogP contribution in [0.1, 0.15) is 41.0 Å². The van der Waals surface area contributed by atoms with Crippen molar-refractivity contribution in [3.05, 3.63) is 0 Å². The van der Waals surface area contributed by atoms with Crippen molar-refractivity contribution >= 4 is 5.97 Å². The van der Waals surface area contributed by atoms with E-state index in [0.717, 1.165) is 6.42 Å². The molecule has 0 saturated heterocycles. The molecular weight excluding hydrogens is 152 g/mol. The van der Waals surface area contributed by atoms with Crippen molar-refractivity contribution in [1.82, 2.24) is 0 Å². The zero-order valence-corrected chi connectivity index (χ0v) is 8.81. The van der Waals surface area contributed by atoms with Gasteiger partial charge in [0, 0.05) is 6.92 Å². The van der Waals surface area contributed by atoms with Gasteiger partial charge in [-0.25, -0.2) is 0 Å². The number of carbonyl (C=O) groups is 1. The Balaban J connectivity index is 3.92. The van der Waals surface area contributed by atoms with Gasteiger partial charge in [0.25, 0.3) is 0 Å². The monoisotopic (exact) mass is 172 g/mol. The molecule has 0 amide bonds. The highest BCUT2D eigenvalue weighted by atomic mass is 16.5. The number of hydrogen-bond donors (Lipinski definition) is 0. The van der Waals surface area contributed by atoms with Crippen LogP contribution in [0, 0.1) is 11.3 Å². The third-order valence-corrected chi connectivity index (χ3v) is 2.21. The minimum Gasteiger partial charge on any atom is -0.466 e. The summed E-state index contributed by atoms with van der Waals surface area (Å²) in [6, 6.07) is 0. The Bertz CT molecular complexity index is 144. The average molecular weight is 172 g/mol. The van der Waals surface area contributed by atoms with E-state index in [2.05, 4.69) is 27.7 Å². The largest absolute Gasteiger partial charge is 0.466 e. The third-order valence-electron chi connectivity index (χ3n) is 2.21. The van der Waals surface area contributed by atoms with Crippen LogP contribution in [0.5, 0.6) is 0 Å². The van der Waals surface area contributed by atoms with E-state index in [-0.39, 0.29) is 11.4 Å². The first kappa shape index (κ1) is 11.5. The van der Waals surface area contributed by atoms with Crippen molar-refractivity contribution in [2.45, 2.75) is 41.0 Å². The lowest BCUT2D eigenvalue weighted by Gasteiger charge is -2.28. The van der Waals surface area contributed by atoms with Crippen molar-refractivity contribution in [2.24, 2.45) is 11.3 Å². The van der Waals surface area contributed by atoms with E-state index in [0.29, 0.717) is 12.5 Å². The molecule has 0 aliphatic carbocycles. The van der Waals surface area contributed by atoms with Crippen molar-refractivity contribution in [3.63, 3.8) is 0 Å². The number of rotatable bonds is 3. The molecule has 0 bridgehead atoms. The predicted molar refractivity (Wildman–Crippen MR) is 49.9 cm³/mol. The fraction of sp³-hybridized carbons (Fsp3) is 0.900. The van der Waals surface area contributed by atoms with E-state index in [4.69, 9.17) is 4.74 Å². The molecule has 0 fully saturated rings. The molecule has 2 nitrogen and oxygen atoms in total. The third kappa shape index (κ3) is 4.37. The number of carbonyl (C=O) groups excluding carboxylic acids is 1. The van der Waals surface area contributed by atoms with Gasteiger partial charge in [0.05, 0.1) is 6.61 Å². The Kier molecular flexibility index (Phi) is 4.29. The molecule has 12 heavy (non-hydrogen) atoms. The SMILES string of the molecule is CCC(COC(C)=O)C(C)(C)C. The molecule has 1 atom stereocenters. The number of esters is 1. The lowest BCUT2D eigenvalue weighted by atomic mass is 9.80. The van der Waals surface area contributed by atoms with Gasteiger partial charge >= 0.3 is 5.97 Å². The first-order chi connectivity index (χ1) is 5.38. The van der Waals surface area contributed by atoms with E-state index in [1.54, 1.807) is 0 Å². The second-order valence-corrected chi connectivity index (χ2v) is 4.27. The minimum atomic E-state index is -0.183. The van der Waals surface area contributed by atoms with Crippen LogP contribution in [-0.4, -0.2) is 12.6 Å². The maximum atomic E-state index is 10.6. The highest BCUT2D eigenvalue weighted by molar-refractivity contribution is 5.65. The number of ether oxygens (including phenoxy) is 1. The molecule has 0 spiro atoms. The summed E-state index contributed by atoms with van der Waals surface area (Å²) in [4.78, 5) is 10.6. The fourth-order valence-electron chi connectivity index (χ4n) is 1.20. The van der Waals surface area contributed by atoms with E-state index in [1.807, 2.05) is 0 Å². The summed E-state index contributed by atoms with van der Waals surface area (Å²) >= 11 is 0. The molecule has 0 saturated carbocycles. The van der Waals surface area contributed by atoms with Crippen LogP contribution in [0.3, 0.4) is 0 Å². The molecule has 0 aromatic heterocycles. The number of hydrogen-bond acceptors (Lipinski definition) is 2. The molecular formula is C10H20O2. The molecule has 0 heterocycles. The van der Waals surface area contributed by atoms with Crippen molar-refractivity contribution < 1.29 is 9.53 Å². The average Bonchev–Trinajstić information content (AvgIpc) is 1.85. The molecule has 0 radical (unpaired) electrons. The normalized spacial score (nSPS) is 14.1. The first-order valence-electron chi connectivity index (χ1n) is 4.51. The maximum absolute atomic E-state index is 10.6. The van der Waals surface area contributed by atoms with Gasteiger partial charge in [0.1, 0.15) is 0 Å². The van der Waals surface area contributed by atoms with Crippen LogP contribution >= 0.6 is 0 Å². The van der Waals surface area contributed by atoms with E-state index in [9.17, 15) is 4.79 Å². The van der Waals surface area contributed by atoms with Crippen LogP contribution in [-0.2, 0) is 9.53 Å². The smallest absolute Gasteiger partial charge is 0.302 e. The standard InChI is InChI=1S/C10H20O2/c1-6-9(10(3,4)5)7-12-8(2)11/h9H,6-7H2,1-5H3. The second-order valence-electron chi connectivity index (χ2n) is 4.27. The van der Waals surface area contributed by atoms with E-state index in [1.165, 1.54) is 6.92 Å². The molecule has 1 unspecified atom stereocenters. The van der Waals surface area contributed by atoms with Crippen molar-refractivity contribution in [3.8, 4) is 0 Å².